The van der Waals surface area contributed by atoms with Crippen molar-refractivity contribution in [3.8, 4) is 0 Å². The highest BCUT2D eigenvalue weighted by atomic mass is 16.6. The molecule has 1 N–H and O–H groups in total. The zero-order valence-corrected chi connectivity index (χ0v) is 11.4. The highest BCUT2D eigenvalue weighted by Gasteiger charge is 2.25. The Hall–Kier alpha value is -1.69. The van der Waals surface area contributed by atoms with Crippen molar-refractivity contribution in [3.05, 3.63) is 27.9 Å². The van der Waals surface area contributed by atoms with E-state index >= 15 is 0 Å². The summed E-state index contributed by atoms with van der Waals surface area (Å²) in [6.45, 7) is 4.51. The highest BCUT2D eigenvalue weighted by Crippen LogP contribution is 2.29. The molecule has 1 aliphatic rings. The predicted molar refractivity (Wildman–Crippen MR) is 74.5 cm³/mol. The topological polar surface area (TPSA) is 71.3 Å². The molecule has 0 unspecified atom stereocenters. The second-order valence-corrected chi connectivity index (χ2v) is 5.10. The van der Waals surface area contributed by atoms with E-state index < -0.39 is 0 Å². The lowest BCUT2D eigenvalue weighted by Crippen LogP contribution is -2.37. The molecule has 2 heterocycles. The number of hydrogen-bond acceptors (Lipinski definition) is 5. The summed E-state index contributed by atoms with van der Waals surface area (Å²) >= 11 is 0. The van der Waals surface area contributed by atoms with Crippen LogP contribution in [-0.4, -0.2) is 36.6 Å². The van der Waals surface area contributed by atoms with Gasteiger partial charge in [0.2, 0.25) is 5.82 Å². The third-order valence-electron chi connectivity index (χ3n) is 3.59. The third-order valence-corrected chi connectivity index (χ3v) is 3.59. The minimum absolute atomic E-state index is 0.118. The van der Waals surface area contributed by atoms with E-state index in [9.17, 15) is 10.1 Å². The minimum atomic E-state index is -0.338. The van der Waals surface area contributed by atoms with Gasteiger partial charge >= 0.3 is 5.69 Å². The van der Waals surface area contributed by atoms with Crippen LogP contribution in [0, 0.1) is 23.0 Å². The summed E-state index contributed by atoms with van der Waals surface area (Å²) in [6, 6.07) is 1.60. The SMILES string of the molecule is CNCC1CCN(c2ncc(C)cc2[N+](=O)[O-])CC1. The Morgan fingerprint density at radius 3 is 2.79 bits per heavy atom. The summed E-state index contributed by atoms with van der Waals surface area (Å²) in [5.41, 5.74) is 0.938. The van der Waals surface area contributed by atoms with Gasteiger partial charge in [-0.2, -0.15) is 0 Å². The van der Waals surface area contributed by atoms with Crippen LogP contribution in [0.3, 0.4) is 0 Å². The summed E-state index contributed by atoms with van der Waals surface area (Å²) in [4.78, 5) is 17.1. The molecule has 1 aromatic heterocycles. The quantitative estimate of drug-likeness (QED) is 0.662. The third kappa shape index (κ3) is 3.20. The van der Waals surface area contributed by atoms with E-state index in [1.54, 1.807) is 12.3 Å². The first-order valence-corrected chi connectivity index (χ1v) is 6.62. The number of rotatable bonds is 4. The maximum atomic E-state index is 11.1. The van der Waals surface area contributed by atoms with Gasteiger partial charge in [0.05, 0.1) is 4.92 Å². The van der Waals surface area contributed by atoms with Crippen LogP contribution in [0.5, 0.6) is 0 Å². The molecular weight excluding hydrogens is 244 g/mol. The van der Waals surface area contributed by atoms with E-state index in [1.807, 2.05) is 18.9 Å². The van der Waals surface area contributed by atoms with Crippen LogP contribution in [0.15, 0.2) is 12.3 Å². The molecule has 0 aliphatic carbocycles. The lowest BCUT2D eigenvalue weighted by Gasteiger charge is -2.32. The monoisotopic (exact) mass is 264 g/mol. The first kappa shape index (κ1) is 13.7. The molecule has 6 heteroatoms. The summed E-state index contributed by atoms with van der Waals surface area (Å²) in [5.74, 6) is 1.17. The maximum absolute atomic E-state index is 11.1. The first-order valence-electron chi connectivity index (χ1n) is 6.62. The summed E-state index contributed by atoms with van der Waals surface area (Å²) < 4.78 is 0. The molecule has 1 fully saturated rings. The molecule has 0 radical (unpaired) electrons. The van der Waals surface area contributed by atoms with Gasteiger partial charge in [-0.25, -0.2) is 4.98 Å². The second kappa shape index (κ2) is 5.97. The van der Waals surface area contributed by atoms with Crippen molar-refractivity contribution in [3.63, 3.8) is 0 Å². The Morgan fingerprint density at radius 1 is 1.53 bits per heavy atom. The Kier molecular flexibility index (Phi) is 4.31. The van der Waals surface area contributed by atoms with Gasteiger partial charge in [0.25, 0.3) is 0 Å². The molecule has 2 rings (SSSR count). The van der Waals surface area contributed by atoms with E-state index in [4.69, 9.17) is 0 Å². The summed E-state index contributed by atoms with van der Waals surface area (Å²) in [7, 11) is 1.96. The number of nitrogens with one attached hydrogen (secondary N) is 1. The number of anilines is 1. The van der Waals surface area contributed by atoms with Crippen molar-refractivity contribution >= 4 is 11.5 Å². The van der Waals surface area contributed by atoms with Crippen LogP contribution in [0.1, 0.15) is 18.4 Å². The fourth-order valence-electron chi connectivity index (χ4n) is 2.56. The van der Waals surface area contributed by atoms with E-state index in [0.29, 0.717) is 11.7 Å². The molecule has 104 valence electrons. The number of aryl methyl sites for hydroxylation is 1. The smallest absolute Gasteiger partial charge is 0.311 e. The van der Waals surface area contributed by atoms with Gasteiger partial charge in [-0.3, -0.25) is 10.1 Å². The van der Waals surface area contributed by atoms with Crippen LogP contribution in [-0.2, 0) is 0 Å². The molecule has 6 nitrogen and oxygen atoms in total. The minimum Gasteiger partial charge on any atom is -0.351 e. The largest absolute Gasteiger partial charge is 0.351 e. The van der Waals surface area contributed by atoms with Gasteiger partial charge in [0.1, 0.15) is 0 Å². The van der Waals surface area contributed by atoms with Crippen LogP contribution in [0.2, 0.25) is 0 Å². The number of nitrogens with zero attached hydrogens (tertiary/aromatic N) is 3. The fourth-order valence-corrected chi connectivity index (χ4v) is 2.56. The van der Waals surface area contributed by atoms with E-state index in [0.717, 1.165) is 38.0 Å². The molecule has 1 aromatic rings. The number of hydrogen-bond donors (Lipinski definition) is 1. The van der Waals surface area contributed by atoms with Crippen LogP contribution >= 0.6 is 0 Å². The number of pyridine rings is 1. The van der Waals surface area contributed by atoms with Crippen molar-refractivity contribution in [1.82, 2.24) is 10.3 Å². The normalized spacial score (nSPS) is 16.6. The van der Waals surface area contributed by atoms with Crippen molar-refractivity contribution in [1.29, 1.82) is 0 Å². The molecule has 1 saturated heterocycles. The Morgan fingerprint density at radius 2 is 2.21 bits per heavy atom. The van der Waals surface area contributed by atoms with Crippen molar-refractivity contribution in [2.75, 3.05) is 31.6 Å². The summed E-state index contributed by atoms with van der Waals surface area (Å²) in [6.07, 6.45) is 3.79. The van der Waals surface area contributed by atoms with Gasteiger partial charge in [-0.05, 0) is 44.8 Å². The number of nitro groups is 1. The molecule has 19 heavy (non-hydrogen) atoms. The Labute approximate surface area is 113 Å². The van der Waals surface area contributed by atoms with E-state index in [-0.39, 0.29) is 10.6 Å². The van der Waals surface area contributed by atoms with Gasteiger partial charge in [-0.1, -0.05) is 0 Å². The number of piperidine rings is 1. The predicted octanol–water partition coefficient (Wildman–Crippen LogP) is 1.73. The molecule has 0 saturated carbocycles. The van der Waals surface area contributed by atoms with Crippen LogP contribution in [0.25, 0.3) is 0 Å². The Bertz CT molecular complexity index is 456. The number of aromatic nitrogens is 1. The maximum Gasteiger partial charge on any atom is 0.311 e. The van der Waals surface area contributed by atoms with E-state index in [1.165, 1.54) is 0 Å². The molecule has 0 amide bonds. The molecular formula is C13H20N4O2. The highest BCUT2D eigenvalue weighted by molar-refractivity contribution is 5.58. The average molecular weight is 264 g/mol. The summed E-state index contributed by atoms with van der Waals surface area (Å²) in [5, 5.41) is 14.3. The fraction of sp³-hybridized carbons (Fsp3) is 0.615. The lowest BCUT2D eigenvalue weighted by atomic mass is 9.97. The van der Waals surface area contributed by atoms with Gasteiger partial charge < -0.3 is 10.2 Å². The average Bonchev–Trinajstić information content (AvgIpc) is 2.40. The van der Waals surface area contributed by atoms with Crippen molar-refractivity contribution in [2.45, 2.75) is 19.8 Å². The molecule has 0 atom stereocenters. The molecule has 1 aliphatic heterocycles. The van der Waals surface area contributed by atoms with Crippen molar-refractivity contribution < 1.29 is 4.92 Å². The van der Waals surface area contributed by atoms with Crippen LogP contribution < -0.4 is 10.2 Å². The van der Waals surface area contributed by atoms with Crippen molar-refractivity contribution in [2.24, 2.45) is 5.92 Å². The molecule has 0 spiro atoms. The zero-order valence-electron chi connectivity index (χ0n) is 11.4. The van der Waals surface area contributed by atoms with Gasteiger partial charge in [0.15, 0.2) is 0 Å². The molecule has 0 aromatic carbocycles. The standard InChI is InChI=1S/C13H20N4O2/c1-10-7-12(17(18)19)13(15-8-10)16-5-3-11(4-6-16)9-14-2/h7-8,11,14H,3-6,9H2,1-2H3. The molecule has 0 bridgehead atoms. The first-order chi connectivity index (χ1) is 9.11. The lowest BCUT2D eigenvalue weighted by molar-refractivity contribution is -0.384. The van der Waals surface area contributed by atoms with E-state index in [2.05, 4.69) is 10.3 Å². The van der Waals surface area contributed by atoms with Gasteiger partial charge in [0, 0.05) is 25.4 Å². The van der Waals surface area contributed by atoms with Crippen LogP contribution in [0.4, 0.5) is 11.5 Å². The second-order valence-electron chi connectivity index (χ2n) is 5.10. The zero-order chi connectivity index (χ0) is 13.8. The van der Waals surface area contributed by atoms with Gasteiger partial charge in [-0.15, -0.1) is 0 Å². The Balaban J connectivity index is 2.13.